The Hall–Kier alpha value is -0.890. The van der Waals surface area contributed by atoms with Crippen molar-refractivity contribution in [2.24, 2.45) is 5.92 Å². The smallest absolute Gasteiger partial charge is 0.123 e. The highest BCUT2D eigenvalue weighted by Crippen LogP contribution is 2.30. The molecule has 0 heterocycles. The first-order valence-corrected chi connectivity index (χ1v) is 6.72. The molecule has 1 aliphatic carbocycles. The van der Waals surface area contributed by atoms with E-state index in [-0.39, 0.29) is 5.82 Å². The Morgan fingerprint density at radius 2 is 2.00 bits per heavy atom. The van der Waals surface area contributed by atoms with Gasteiger partial charge in [0.1, 0.15) is 5.82 Å². The van der Waals surface area contributed by atoms with Crippen molar-refractivity contribution in [1.82, 2.24) is 5.32 Å². The highest BCUT2D eigenvalue weighted by atomic mass is 19.1. The average molecular weight is 235 g/mol. The maximum atomic E-state index is 12.9. The van der Waals surface area contributed by atoms with E-state index in [1.165, 1.54) is 31.2 Å². The van der Waals surface area contributed by atoms with Gasteiger partial charge in [0.25, 0.3) is 0 Å². The molecule has 94 valence electrons. The van der Waals surface area contributed by atoms with Crippen LogP contribution in [0.25, 0.3) is 0 Å². The van der Waals surface area contributed by atoms with E-state index in [2.05, 4.69) is 19.2 Å². The fourth-order valence-corrected chi connectivity index (χ4v) is 2.91. The number of nitrogens with one attached hydrogen (secondary N) is 1. The zero-order valence-electron chi connectivity index (χ0n) is 10.7. The predicted octanol–water partition coefficient (Wildman–Crippen LogP) is 4.06. The Balaban J connectivity index is 1.96. The molecular weight excluding hydrogens is 213 g/mol. The van der Waals surface area contributed by atoms with Crippen molar-refractivity contribution in [2.45, 2.75) is 51.6 Å². The third-order valence-corrected chi connectivity index (χ3v) is 4.02. The lowest BCUT2D eigenvalue weighted by atomic mass is 9.98. The first-order valence-electron chi connectivity index (χ1n) is 6.72. The van der Waals surface area contributed by atoms with Gasteiger partial charge >= 0.3 is 0 Å². The van der Waals surface area contributed by atoms with Gasteiger partial charge in [-0.3, -0.25) is 0 Å². The van der Waals surface area contributed by atoms with Crippen LogP contribution >= 0.6 is 0 Å². The van der Waals surface area contributed by atoms with Crippen LogP contribution in [0, 0.1) is 11.7 Å². The van der Waals surface area contributed by atoms with Gasteiger partial charge in [0.2, 0.25) is 0 Å². The van der Waals surface area contributed by atoms with Gasteiger partial charge in [-0.05, 0) is 43.4 Å². The van der Waals surface area contributed by atoms with E-state index in [4.69, 9.17) is 0 Å². The highest BCUT2D eigenvalue weighted by molar-refractivity contribution is 5.19. The van der Waals surface area contributed by atoms with Gasteiger partial charge < -0.3 is 5.32 Å². The van der Waals surface area contributed by atoms with Crippen LogP contribution in [0.5, 0.6) is 0 Å². The fourth-order valence-electron chi connectivity index (χ4n) is 2.91. The number of hydrogen-bond donors (Lipinski definition) is 1. The average Bonchev–Trinajstić information content (AvgIpc) is 2.77. The second-order valence-corrected chi connectivity index (χ2v) is 5.15. The monoisotopic (exact) mass is 235 g/mol. The van der Waals surface area contributed by atoms with Gasteiger partial charge in [0, 0.05) is 12.1 Å². The Labute approximate surface area is 103 Å². The molecule has 3 unspecified atom stereocenters. The van der Waals surface area contributed by atoms with Gasteiger partial charge in [-0.2, -0.15) is 0 Å². The van der Waals surface area contributed by atoms with Crippen LogP contribution in [-0.2, 0) is 0 Å². The van der Waals surface area contributed by atoms with E-state index in [1.54, 1.807) is 12.1 Å². The first-order chi connectivity index (χ1) is 8.20. The molecule has 0 radical (unpaired) electrons. The molecule has 0 amide bonds. The second kappa shape index (κ2) is 5.63. The molecule has 0 bridgehead atoms. The summed E-state index contributed by atoms with van der Waals surface area (Å²) in [5, 5.41) is 3.69. The maximum absolute atomic E-state index is 12.9. The molecule has 1 nitrogen and oxygen atoms in total. The highest BCUT2D eigenvalue weighted by Gasteiger charge is 2.26. The van der Waals surface area contributed by atoms with E-state index in [9.17, 15) is 4.39 Å². The molecule has 3 atom stereocenters. The van der Waals surface area contributed by atoms with Crippen molar-refractivity contribution in [2.75, 3.05) is 0 Å². The molecule has 1 aromatic rings. The van der Waals surface area contributed by atoms with Crippen LogP contribution in [0.1, 0.15) is 51.1 Å². The zero-order valence-corrected chi connectivity index (χ0v) is 10.7. The Bertz CT molecular complexity index is 346. The van der Waals surface area contributed by atoms with Crippen molar-refractivity contribution in [3.05, 3.63) is 35.6 Å². The topological polar surface area (TPSA) is 12.0 Å². The molecule has 0 aliphatic heterocycles. The molecule has 17 heavy (non-hydrogen) atoms. The van der Waals surface area contributed by atoms with Gasteiger partial charge in [0.15, 0.2) is 0 Å². The van der Waals surface area contributed by atoms with Gasteiger partial charge in [-0.15, -0.1) is 0 Å². The summed E-state index contributed by atoms with van der Waals surface area (Å²) in [5.41, 5.74) is 1.17. The minimum absolute atomic E-state index is 0.159. The van der Waals surface area contributed by atoms with Crippen molar-refractivity contribution < 1.29 is 4.39 Å². The summed E-state index contributed by atoms with van der Waals surface area (Å²) in [5.74, 6) is 0.658. The van der Waals surface area contributed by atoms with Crippen molar-refractivity contribution >= 4 is 0 Å². The third-order valence-electron chi connectivity index (χ3n) is 4.02. The summed E-state index contributed by atoms with van der Waals surface area (Å²) >= 11 is 0. The van der Waals surface area contributed by atoms with E-state index in [0.717, 1.165) is 5.92 Å². The third kappa shape index (κ3) is 3.06. The SMILES string of the molecule is CCC1CCCC1NC(C)c1ccc(F)cc1. The molecule has 1 fully saturated rings. The van der Waals surface area contributed by atoms with Crippen LogP contribution < -0.4 is 5.32 Å². The predicted molar refractivity (Wildman–Crippen MR) is 69.4 cm³/mol. The molecule has 1 aliphatic rings. The first kappa shape index (κ1) is 12.6. The van der Waals surface area contributed by atoms with Crippen LogP contribution in [0.4, 0.5) is 4.39 Å². The Kier molecular flexibility index (Phi) is 4.16. The van der Waals surface area contributed by atoms with Crippen LogP contribution in [0.2, 0.25) is 0 Å². The Morgan fingerprint density at radius 1 is 1.29 bits per heavy atom. The molecule has 1 N–H and O–H groups in total. The lowest BCUT2D eigenvalue weighted by Crippen LogP contribution is -2.34. The normalized spacial score (nSPS) is 26.1. The van der Waals surface area contributed by atoms with E-state index in [1.807, 2.05) is 12.1 Å². The number of benzene rings is 1. The van der Waals surface area contributed by atoms with Crippen LogP contribution in [0.3, 0.4) is 0 Å². The molecule has 1 saturated carbocycles. The summed E-state index contributed by atoms with van der Waals surface area (Å²) in [6.07, 6.45) is 5.23. The fraction of sp³-hybridized carbons (Fsp3) is 0.600. The second-order valence-electron chi connectivity index (χ2n) is 5.15. The summed E-state index contributed by atoms with van der Waals surface area (Å²) in [6.45, 7) is 4.44. The maximum Gasteiger partial charge on any atom is 0.123 e. The minimum atomic E-state index is -0.159. The summed E-state index contributed by atoms with van der Waals surface area (Å²) < 4.78 is 12.9. The van der Waals surface area contributed by atoms with Crippen LogP contribution in [0.15, 0.2) is 24.3 Å². The van der Waals surface area contributed by atoms with E-state index >= 15 is 0 Å². The number of rotatable bonds is 4. The lowest BCUT2D eigenvalue weighted by molar-refractivity contribution is 0.360. The van der Waals surface area contributed by atoms with Gasteiger partial charge in [-0.25, -0.2) is 4.39 Å². The summed E-state index contributed by atoms with van der Waals surface area (Å²) in [4.78, 5) is 0. The van der Waals surface area contributed by atoms with E-state index in [0.29, 0.717) is 12.1 Å². The molecule has 1 aromatic carbocycles. The molecule has 2 rings (SSSR count). The van der Waals surface area contributed by atoms with Crippen molar-refractivity contribution in [3.8, 4) is 0 Å². The largest absolute Gasteiger partial charge is 0.307 e. The quantitative estimate of drug-likeness (QED) is 0.830. The Morgan fingerprint density at radius 3 is 2.65 bits per heavy atom. The minimum Gasteiger partial charge on any atom is -0.307 e. The molecule has 2 heteroatoms. The molecular formula is C15H22FN. The number of hydrogen-bond acceptors (Lipinski definition) is 1. The molecule has 0 saturated heterocycles. The molecule has 0 aromatic heterocycles. The van der Waals surface area contributed by atoms with Crippen molar-refractivity contribution in [3.63, 3.8) is 0 Å². The van der Waals surface area contributed by atoms with Crippen LogP contribution in [-0.4, -0.2) is 6.04 Å². The number of halogens is 1. The van der Waals surface area contributed by atoms with E-state index < -0.39 is 0 Å². The standard InChI is InChI=1S/C15H22FN/c1-3-12-5-4-6-15(12)17-11(2)13-7-9-14(16)10-8-13/h7-12,15,17H,3-6H2,1-2H3. The summed E-state index contributed by atoms with van der Waals surface area (Å²) in [7, 11) is 0. The zero-order chi connectivity index (χ0) is 12.3. The molecule has 0 spiro atoms. The van der Waals surface area contributed by atoms with Gasteiger partial charge in [0.05, 0.1) is 0 Å². The lowest BCUT2D eigenvalue weighted by Gasteiger charge is -2.24. The summed E-state index contributed by atoms with van der Waals surface area (Å²) in [6, 6.07) is 7.79. The van der Waals surface area contributed by atoms with Gasteiger partial charge in [-0.1, -0.05) is 31.9 Å². The van der Waals surface area contributed by atoms with Crippen molar-refractivity contribution in [1.29, 1.82) is 0 Å².